The van der Waals surface area contributed by atoms with Crippen LogP contribution in [0.25, 0.3) is 10.9 Å². The summed E-state index contributed by atoms with van der Waals surface area (Å²) in [4.78, 5) is 23.7. The Labute approximate surface area is 144 Å². The van der Waals surface area contributed by atoms with Crippen LogP contribution >= 0.6 is 0 Å². The summed E-state index contributed by atoms with van der Waals surface area (Å²) in [7, 11) is 0. The molecule has 126 valence electrons. The van der Waals surface area contributed by atoms with Crippen LogP contribution in [0.3, 0.4) is 0 Å². The minimum Gasteiger partial charge on any atom is -0.348 e. The van der Waals surface area contributed by atoms with Gasteiger partial charge < -0.3 is 10.6 Å². The number of amides is 2. The second-order valence-corrected chi connectivity index (χ2v) is 5.59. The number of nitrogens with zero attached hydrogens (tertiary/aromatic N) is 1. The second-order valence-electron chi connectivity index (χ2n) is 5.59. The Morgan fingerprint density at radius 1 is 1.16 bits per heavy atom. The first-order valence-electron chi connectivity index (χ1n) is 7.86. The van der Waals surface area contributed by atoms with E-state index in [9.17, 15) is 9.59 Å². The molecule has 3 aromatic rings. The van der Waals surface area contributed by atoms with E-state index in [2.05, 4.69) is 27.4 Å². The normalized spacial score (nSPS) is 10.4. The largest absolute Gasteiger partial charge is 0.348 e. The first kappa shape index (κ1) is 16.4. The molecule has 0 saturated carbocycles. The summed E-state index contributed by atoms with van der Waals surface area (Å²) in [6.45, 7) is 3.78. The van der Waals surface area contributed by atoms with Gasteiger partial charge in [0.2, 0.25) is 11.8 Å². The van der Waals surface area contributed by atoms with E-state index in [0.29, 0.717) is 6.54 Å². The SMILES string of the molecule is C=CC(=O)NCc1ccccc1CC(=O)Nc1ccc2[nH]ncc2c1. The number of fused-ring (bicyclic) bond motifs is 1. The molecule has 0 fully saturated rings. The Morgan fingerprint density at radius 2 is 1.96 bits per heavy atom. The Morgan fingerprint density at radius 3 is 2.76 bits per heavy atom. The van der Waals surface area contributed by atoms with Crippen LogP contribution < -0.4 is 10.6 Å². The van der Waals surface area contributed by atoms with E-state index in [4.69, 9.17) is 0 Å². The molecule has 1 aromatic heterocycles. The molecule has 25 heavy (non-hydrogen) atoms. The molecule has 0 aliphatic heterocycles. The zero-order chi connectivity index (χ0) is 17.6. The third-order valence-corrected chi connectivity index (χ3v) is 3.83. The molecule has 1 heterocycles. The van der Waals surface area contributed by atoms with Crippen LogP contribution in [-0.4, -0.2) is 22.0 Å². The number of H-pyrrole nitrogens is 1. The van der Waals surface area contributed by atoms with Crippen molar-refractivity contribution in [1.82, 2.24) is 15.5 Å². The quantitative estimate of drug-likeness (QED) is 0.606. The average Bonchev–Trinajstić information content (AvgIpc) is 3.08. The first-order valence-corrected chi connectivity index (χ1v) is 7.86. The fraction of sp³-hybridized carbons (Fsp3) is 0.105. The average molecular weight is 334 g/mol. The lowest BCUT2D eigenvalue weighted by Gasteiger charge is -2.10. The molecule has 0 atom stereocenters. The highest BCUT2D eigenvalue weighted by atomic mass is 16.2. The highest BCUT2D eigenvalue weighted by Gasteiger charge is 2.09. The number of hydrogen-bond donors (Lipinski definition) is 3. The molecule has 0 bridgehead atoms. The summed E-state index contributed by atoms with van der Waals surface area (Å²) in [6.07, 6.45) is 3.16. The Kier molecular flexibility index (Phi) is 4.89. The first-order chi connectivity index (χ1) is 12.2. The molecule has 0 radical (unpaired) electrons. The van der Waals surface area contributed by atoms with E-state index in [0.717, 1.165) is 27.7 Å². The summed E-state index contributed by atoms with van der Waals surface area (Å²) in [5.41, 5.74) is 3.41. The van der Waals surface area contributed by atoms with Crippen molar-refractivity contribution in [3.05, 3.63) is 72.4 Å². The fourth-order valence-electron chi connectivity index (χ4n) is 2.56. The van der Waals surface area contributed by atoms with Crippen molar-refractivity contribution in [3.8, 4) is 0 Å². The van der Waals surface area contributed by atoms with E-state index in [1.54, 1.807) is 6.20 Å². The van der Waals surface area contributed by atoms with E-state index in [1.807, 2.05) is 42.5 Å². The number of anilines is 1. The summed E-state index contributed by atoms with van der Waals surface area (Å²) < 4.78 is 0. The third-order valence-electron chi connectivity index (χ3n) is 3.83. The maximum Gasteiger partial charge on any atom is 0.243 e. The van der Waals surface area contributed by atoms with Gasteiger partial charge >= 0.3 is 0 Å². The van der Waals surface area contributed by atoms with Crippen LogP contribution in [0.15, 0.2) is 61.3 Å². The molecule has 2 aromatic carbocycles. The smallest absolute Gasteiger partial charge is 0.243 e. The molecule has 0 aliphatic carbocycles. The van der Waals surface area contributed by atoms with Gasteiger partial charge in [0.15, 0.2) is 0 Å². The summed E-state index contributed by atoms with van der Waals surface area (Å²) in [6, 6.07) is 13.1. The molecule has 0 aliphatic rings. The maximum absolute atomic E-state index is 12.4. The van der Waals surface area contributed by atoms with E-state index >= 15 is 0 Å². The van der Waals surface area contributed by atoms with Gasteiger partial charge in [0.25, 0.3) is 0 Å². The van der Waals surface area contributed by atoms with E-state index in [-0.39, 0.29) is 18.2 Å². The van der Waals surface area contributed by atoms with E-state index in [1.165, 1.54) is 6.08 Å². The topological polar surface area (TPSA) is 86.9 Å². The lowest BCUT2D eigenvalue weighted by atomic mass is 10.0. The van der Waals surface area contributed by atoms with Crippen LogP contribution in [0.4, 0.5) is 5.69 Å². The number of carbonyl (C=O) groups is 2. The van der Waals surface area contributed by atoms with Gasteiger partial charge in [-0.25, -0.2) is 0 Å². The molecule has 6 nitrogen and oxygen atoms in total. The highest BCUT2D eigenvalue weighted by Crippen LogP contribution is 2.17. The van der Waals surface area contributed by atoms with Crippen molar-refractivity contribution >= 4 is 28.4 Å². The number of benzene rings is 2. The van der Waals surface area contributed by atoms with Crippen molar-refractivity contribution in [2.45, 2.75) is 13.0 Å². The Balaban J connectivity index is 1.67. The van der Waals surface area contributed by atoms with Crippen molar-refractivity contribution in [2.24, 2.45) is 0 Å². The summed E-state index contributed by atoms with van der Waals surface area (Å²) in [5, 5.41) is 13.4. The third kappa shape index (κ3) is 4.11. The van der Waals surface area contributed by atoms with Gasteiger partial charge in [0, 0.05) is 17.6 Å². The van der Waals surface area contributed by atoms with Crippen LogP contribution in [0.1, 0.15) is 11.1 Å². The fourth-order valence-corrected chi connectivity index (χ4v) is 2.56. The number of aromatic nitrogens is 2. The van der Waals surface area contributed by atoms with Gasteiger partial charge in [-0.2, -0.15) is 5.10 Å². The van der Waals surface area contributed by atoms with Crippen molar-refractivity contribution < 1.29 is 9.59 Å². The standard InChI is InChI=1S/C19H18N4O2/c1-2-18(24)20-11-14-6-4-3-5-13(14)10-19(25)22-16-7-8-17-15(9-16)12-21-23-17/h2-9,12H,1,10-11H2,(H,20,24)(H,21,23)(H,22,25). The second kappa shape index (κ2) is 7.44. The van der Waals surface area contributed by atoms with Crippen molar-refractivity contribution in [3.63, 3.8) is 0 Å². The summed E-state index contributed by atoms with van der Waals surface area (Å²) >= 11 is 0. The molecule has 3 N–H and O–H groups in total. The van der Waals surface area contributed by atoms with Crippen molar-refractivity contribution in [1.29, 1.82) is 0 Å². The van der Waals surface area contributed by atoms with Gasteiger partial charge in [-0.05, 0) is 35.4 Å². The zero-order valence-corrected chi connectivity index (χ0v) is 13.6. The molecule has 0 saturated heterocycles. The van der Waals surface area contributed by atoms with Gasteiger partial charge in [-0.15, -0.1) is 0 Å². The molecular formula is C19H18N4O2. The predicted octanol–water partition coefficient (Wildman–Crippen LogP) is 2.55. The van der Waals surface area contributed by atoms with Crippen LogP contribution in [0.5, 0.6) is 0 Å². The van der Waals surface area contributed by atoms with Crippen LogP contribution in [0, 0.1) is 0 Å². The predicted molar refractivity (Wildman–Crippen MR) is 96.9 cm³/mol. The van der Waals surface area contributed by atoms with Crippen LogP contribution in [-0.2, 0) is 22.6 Å². The maximum atomic E-state index is 12.4. The number of aromatic amines is 1. The van der Waals surface area contributed by atoms with E-state index < -0.39 is 0 Å². The van der Waals surface area contributed by atoms with Gasteiger partial charge in [0.1, 0.15) is 0 Å². The Bertz CT molecular complexity index is 930. The lowest BCUT2D eigenvalue weighted by molar-refractivity contribution is -0.116. The molecule has 6 heteroatoms. The number of nitrogens with one attached hydrogen (secondary N) is 3. The number of hydrogen-bond acceptors (Lipinski definition) is 3. The molecule has 0 unspecified atom stereocenters. The molecule has 2 amide bonds. The lowest BCUT2D eigenvalue weighted by Crippen LogP contribution is -2.22. The molecule has 3 rings (SSSR count). The van der Waals surface area contributed by atoms with Gasteiger partial charge in [-0.1, -0.05) is 30.8 Å². The summed E-state index contributed by atoms with van der Waals surface area (Å²) in [5.74, 6) is -0.363. The minimum atomic E-state index is -0.243. The minimum absolute atomic E-state index is 0.120. The monoisotopic (exact) mass is 334 g/mol. The van der Waals surface area contributed by atoms with Crippen molar-refractivity contribution in [2.75, 3.05) is 5.32 Å². The van der Waals surface area contributed by atoms with Gasteiger partial charge in [0.05, 0.1) is 18.1 Å². The molecule has 0 spiro atoms. The van der Waals surface area contributed by atoms with Crippen LogP contribution in [0.2, 0.25) is 0 Å². The van der Waals surface area contributed by atoms with Gasteiger partial charge in [-0.3, -0.25) is 14.7 Å². The number of carbonyl (C=O) groups excluding carboxylic acids is 2. The Hall–Kier alpha value is -3.41. The number of rotatable bonds is 6. The molecular weight excluding hydrogens is 316 g/mol. The highest BCUT2D eigenvalue weighted by molar-refractivity contribution is 5.94. The zero-order valence-electron chi connectivity index (χ0n) is 13.6.